The average Bonchev–Trinajstić information content (AvgIpc) is 3.27. The molecule has 1 saturated heterocycles. The Balaban J connectivity index is 1.40. The zero-order valence-electron chi connectivity index (χ0n) is 15.6. The second-order valence-electron chi connectivity index (χ2n) is 6.76. The normalized spacial score (nSPS) is 23.5. The largest absolute Gasteiger partial charge is 0.447 e. The Morgan fingerprint density at radius 3 is 2.83 bits per heavy atom. The lowest BCUT2D eigenvalue weighted by Gasteiger charge is -2.16. The van der Waals surface area contributed by atoms with Crippen LogP contribution in [0.2, 0.25) is 0 Å². The first-order valence-corrected chi connectivity index (χ1v) is 9.12. The van der Waals surface area contributed by atoms with E-state index in [0.29, 0.717) is 0 Å². The van der Waals surface area contributed by atoms with Crippen LogP contribution in [0.4, 0.5) is 10.7 Å². The van der Waals surface area contributed by atoms with Crippen LogP contribution in [0, 0.1) is 0 Å². The van der Waals surface area contributed by atoms with Crippen molar-refractivity contribution >= 4 is 23.2 Å². The number of amides is 1. The third-order valence-electron chi connectivity index (χ3n) is 4.72. The minimum absolute atomic E-state index is 0.00878. The SMILES string of the molecule is Nc1nc2c(ncn2[C@@H]2O[C@H](COC(=O)NCc3ccccc3)[C@@H](O)[C@H]2O)c(=O)[nH]1. The van der Waals surface area contributed by atoms with Crippen LogP contribution in [0.5, 0.6) is 0 Å². The third-order valence-corrected chi connectivity index (χ3v) is 4.72. The lowest BCUT2D eigenvalue weighted by atomic mass is 10.1. The summed E-state index contributed by atoms with van der Waals surface area (Å²) in [7, 11) is 0. The van der Waals surface area contributed by atoms with Gasteiger partial charge in [0.2, 0.25) is 5.95 Å². The van der Waals surface area contributed by atoms with Crippen LogP contribution in [-0.4, -0.2) is 60.7 Å². The summed E-state index contributed by atoms with van der Waals surface area (Å²) < 4.78 is 12.0. The molecule has 1 fully saturated rings. The number of nitrogens with two attached hydrogens (primary N) is 1. The van der Waals surface area contributed by atoms with Crippen LogP contribution >= 0.6 is 0 Å². The fourth-order valence-corrected chi connectivity index (χ4v) is 3.20. The number of nitrogens with zero attached hydrogens (tertiary/aromatic N) is 3. The van der Waals surface area contributed by atoms with Crippen molar-refractivity contribution in [3.63, 3.8) is 0 Å². The number of fused-ring (bicyclic) bond motifs is 1. The minimum atomic E-state index is -1.37. The Kier molecular flexibility index (Phi) is 5.35. The Labute approximate surface area is 169 Å². The molecule has 0 unspecified atom stereocenters. The number of rotatable bonds is 5. The maximum Gasteiger partial charge on any atom is 0.407 e. The summed E-state index contributed by atoms with van der Waals surface area (Å²) in [5, 5.41) is 23.3. The van der Waals surface area contributed by atoms with Crippen LogP contribution < -0.4 is 16.6 Å². The standard InChI is InChI=1S/C18H20N6O6/c19-17-22-14-11(15(27)23-17)21-8-24(14)16-13(26)12(25)10(30-16)7-29-18(28)20-6-9-4-2-1-3-5-9/h1-5,8,10,12-13,16,25-26H,6-7H2,(H,20,28)(H3,19,22,23,27)/t10-,12-,13-,16-/m1/s1. The molecule has 1 aromatic carbocycles. The molecule has 0 spiro atoms. The van der Waals surface area contributed by atoms with E-state index in [2.05, 4.69) is 20.3 Å². The number of aliphatic hydroxyl groups is 2. The highest BCUT2D eigenvalue weighted by molar-refractivity contribution is 5.70. The van der Waals surface area contributed by atoms with E-state index in [9.17, 15) is 19.8 Å². The van der Waals surface area contributed by atoms with Gasteiger partial charge in [0, 0.05) is 6.54 Å². The Morgan fingerprint density at radius 2 is 2.07 bits per heavy atom. The lowest BCUT2D eigenvalue weighted by Crippen LogP contribution is -2.35. The fraction of sp³-hybridized carbons (Fsp3) is 0.333. The van der Waals surface area contributed by atoms with Gasteiger partial charge >= 0.3 is 6.09 Å². The van der Waals surface area contributed by atoms with Crippen LogP contribution in [0.15, 0.2) is 41.5 Å². The first kappa shape index (κ1) is 19.8. The molecule has 1 amide bonds. The summed E-state index contributed by atoms with van der Waals surface area (Å²) in [4.78, 5) is 34.1. The van der Waals surface area contributed by atoms with Gasteiger partial charge in [0.05, 0.1) is 6.33 Å². The molecule has 2 aromatic heterocycles. The number of imidazole rings is 1. The monoisotopic (exact) mass is 416 g/mol. The predicted octanol–water partition coefficient (Wildman–Crippen LogP) is -0.753. The quantitative estimate of drug-likeness (QED) is 0.358. The summed E-state index contributed by atoms with van der Waals surface area (Å²) >= 11 is 0. The number of benzene rings is 1. The van der Waals surface area contributed by atoms with Gasteiger partial charge in [-0.2, -0.15) is 4.98 Å². The number of carbonyl (C=O) groups is 1. The first-order chi connectivity index (χ1) is 14.4. The van der Waals surface area contributed by atoms with Gasteiger partial charge in [-0.1, -0.05) is 30.3 Å². The van der Waals surface area contributed by atoms with Crippen LogP contribution in [0.25, 0.3) is 11.2 Å². The Bertz CT molecular complexity index is 1100. The molecular weight excluding hydrogens is 396 g/mol. The van der Waals surface area contributed by atoms with Crippen molar-refractivity contribution in [3.8, 4) is 0 Å². The Morgan fingerprint density at radius 1 is 1.30 bits per heavy atom. The number of aromatic amines is 1. The lowest BCUT2D eigenvalue weighted by molar-refractivity contribution is -0.0533. The molecule has 3 aromatic rings. The zero-order valence-corrected chi connectivity index (χ0v) is 15.6. The second kappa shape index (κ2) is 8.10. The molecule has 4 atom stereocenters. The molecule has 30 heavy (non-hydrogen) atoms. The highest BCUT2D eigenvalue weighted by Crippen LogP contribution is 2.31. The van der Waals surface area contributed by atoms with Crippen LogP contribution in [0.3, 0.4) is 0 Å². The van der Waals surface area contributed by atoms with Gasteiger partial charge in [-0.15, -0.1) is 0 Å². The fourth-order valence-electron chi connectivity index (χ4n) is 3.20. The number of nitrogens with one attached hydrogen (secondary N) is 2. The molecule has 4 rings (SSSR count). The number of ether oxygens (including phenoxy) is 2. The second-order valence-corrected chi connectivity index (χ2v) is 6.76. The highest BCUT2D eigenvalue weighted by atomic mass is 16.6. The molecule has 1 aliphatic rings. The molecular formula is C18H20N6O6. The van der Waals surface area contributed by atoms with E-state index in [1.807, 2.05) is 30.3 Å². The van der Waals surface area contributed by atoms with Crippen molar-refractivity contribution in [2.24, 2.45) is 0 Å². The molecule has 3 heterocycles. The van der Waals surface area contributed by atoms with Gasteiger partial charge < -0.3 is 30.7 Å². The van der Waals surface area contributed by atoms with E-state index >= 15 is 0 Å². The van der Waals surface area contributed by atoms with E-state index in [1.54, 1.807) is 0 Å². The molecule has 0 aliphatic carbocycles. The van der Waals surface area contributed by atoms with E-state index in [0.717, 1.165) is 5.56 Å². The number of anilines is 1. The van der Waals surface area contributed by atoms with Crippen molar-refractivity contribution in [3.05, 3.63) is 52.6 Å². The number of hydrogen-bond donors (Lipinski definition) is 5. The van der Waals surface area contributed by atoms with Gasteiger partial charge in [0.15, 0.2) is 17.4 Å². The highest BCUT2D eigenvalue weighted by Gasteiger charge is 2.45. The number of alkyl carbamates (subject to hydrolysis) is 1. The smallest absolute Gasteiger partial charge is 0.407 e. The number of nitrogen functional groups attached to an aromatic ring is 1. The number of H-pyrrole nitrogens is 1. The van der Waals surface area contributed by atoms with Crippen molar-refractivity contribution in [1.29, 1.82) is 0 Å². The molecule has 6 N–H and O–H groups in total. The maximum atomic E-state index is 11.9. The van der Waals surface area contributed by atoms with E-state index in [1.165, 1.54) is 10.9 Å². The first-order valence-electron chi connectivity index (χ1n) is 9.12. The van der Waals surface area contributed by atoms with E-state index < -0.39 is 36.2 Å². The number of carbonyl (C=O) groups excluding carboxylic acids is 1. The molecule has 12 nitrogen and oxygen atoms in total. The van der Waals surface area contributed by atoms with Crippen LogP contribution in [-0.2, 0) is 16.0 Å². The predicted molar refractivity (Wildman–Crippen MR) is 103 cm³/mol. The van der Waals surface area contributed by atoms with Crippen molar-refractivity contribution in [1.82, 2.24) is 24.8 Å². The molecule has 12 heteroatoms. The summed E-state index contributed by atoms with van der Waals surface area (Å²) in [6.45, 7) is -0.0141. The van der Waals surface area contributed by atoms with E-state index in [-0.39, 0.29) is 30.3 Å². The van der Waals surface area contributed by atoms with Gasteiger partial charge in [-0.3, -0.25) is 14.3 Å². The van der Waals surface area contributed by atoms with Gasteiger partial charge in [0.1, 0.15) is 24.9 Å². The Hall–Kier alpha value is -3.48. The van der Waals surface area contributed by atoms with Crippen molar-refractivity contribution in [2.75, 3.05) is 12.3 Å². The molecule has 0 saturated carbocycles. The number of aromatic nitrogens is 4. The van der Waals surface area contributed by atoms with Crippen molar-refractivity contribution < 1.29 is 24.5 Å². The molecule has 0 bridgehead atoms. The molecule has 158 valence electrons. The summed E-state index contributed by atoms with van der Waals surface area (Å²) in [6, 6.07) is 9.27. The van der Waals surface area contributed by atoms with Crippen LogP contribution in [0.1, 0.15) is 11.8 Å². The number of hydrogen-bond acceptors (Lipinski definition) is 9. The van der Waals surface area contributed by atoms with Crippen molar-refractivity contribution in [2.45, 2.75) is 31.1 Å². The summed E-state index contributed by atoms with van der Waals surface area (Å²) in [5.74, 6) is -0.128. The van der Waals surface area contributed by atoms with Gasteiger partial charge in [-0.05, 0) is 5.56 Å². The summed E-state index contributed by atoms with van der Waals surface area (Å²) in [5.41, 5.74) is 6.02. The maximum absolute atomic E-state index is 11.9. The third kappa shape index (κ3) is 3.83. The minimum Gasteiger partial charge on any atom is -0.447 e. The van der Waals surface area contributed by atoms with E-state index in [4.69, 9.17) is 15.2 Å². The zero-order chi connectivity index (χ0) is 21.3. The van der Waals surface area contributed by atoms with Gasteiger partial charge in [-0.25, -0.2) is 9.78 Å². The number of aliphatic hydroxyl groups excluding tert-OH is 2. The molecule has 1 aliphatic heterocycles. The topological polar surface area (TPSA) is 178 Å². The molecule has 0 radical (unpaired) electrons. The average molecular weight is 416 g/mol. The summed E-state index contributed by atoms with van der Waals surface area (Å²) in [6.07, 6.45) is -4.24. The van der Waals surface area contributed by atoms with Gasteiger partial charge in [0.25, 0.3) is 5.56 Å².